The highest BCUT2D eigenvalue weighted by atomic mass is 16.1. The van der Waals surface area contributed by atoms with Gasteiger partial charge < -0.3 is 10.2 Å². The first-order chi connectivity index (χ1) is 18.6. The molecule has 0 heterocycles. The van der Waals surface area contributed by atoms with E-state index in [1.807, 2.05) is 0 Å². The standard InChI is InChI=1S/C35H68N2O/c1-5-7-9-11-13-15-16-17-18-19-20-21-22-24-26-28-31-34(36-35(38)32-29-33-37(3)4)30-27-25-23-14-12-10-8-6-2/h13,15,17-18,34H,5-12,14,16,19-33H2,1-4H3,(H,36,38)/b15-13-,18-17-. The van der Waals surface area contributed by atoms with Crippen LogP contribution in [-0.2, 0) is 4.79 Å². The molecule has 1 atom stereocenters. The highest BCUT2D eigenvalue weighted by Crippen LogP contribution is 2.16. The van der Waals surface area contributed by atoms with Crippen LogP contribution in [-0.4, -0.2) is 37.5 Å². The van der Waals surface area contributed by atoms with Crippen molar-refractivity contribution in [2.45, 2.75) is 174 Å². The number of nitrogens with zero attached hydrogens (tertiary/aromatic N) is 1. The molecule has 38 heavy (non-hydrogen) atoms. The highest BCUT2D eigenvalue weighted by molar-refractivity contribution is 5.76. The maximum Gasteiger partial charge on any atom is 0.220 e. The lowest BCUT2D eigenvalue weighted by Gasteiger charge is -2.19. The number of carbonyl (C=O) groups is 1. The molecule has 1 N–H and O–H groups in total. The minimum absolute atomic E-state index is 0.261. The lowest BCUT2D eigenvalue weighted by Crippen LogP contribution is -2.35. The van der Waals surface area contributed by atoms with Gasteiger partial charge in [-0.25, -0.2) is 0 Å². The first kappa shape index (κ1) is 36.9. The minimum Gasteiger partial charge on any atom is -0.353 e. The summed E-state index contributed by atoms with van der Waals surface area (Å²) in [6.45, 7) is 5.53. The van der Waals surface area contributed by atoms with Crippen LogP contribution in [0.5, 0.6) is 0 Å². The summed E-state index contributed by atoms with van der Waals surface area (Å²) < 4.78 is 0. The number of hydrogen-bond acceptors (Lipinski definition) is 2. The summed E-state index contributed by atoms with van der Waals surface area (Å²) in [5.41, 5.74) is 0. The van der Waals surface area contributed by atoms with Crippen LogP contribution in [0, 0.1) is 0 Å². The summed E-state index contributed by atoms with van der Waals surface area (Å²) in [7, 11) is 4.16. The molecular weight excluding hydrogens is 464 g/mol. The van der Waals surface area contributed by atoms with Crippen molar-refractivity contribution < 1.29 is 4.79 Å². The molecule has 3 heteroatoms. The molecule has 0 saturated carbocycles. The number of hydrogen-bond donors (Lipinski definition) is 1. The molecule has 0 aliphatic carbocycles. The van der Waals surface area contributed by atoms with E-state index < -0.39 is 0 Å². The number of allylic oxidation sites excluding steroid dienone is 4. The molecule has 1 amide bonds. The van der Waals surface area contributed by atoms with Crippen LogP contribution in [0.25, 0.3) is 0 Å². The van der Waals surface area contributed by atoms with Gasteiger partial charge in [0.15, 0.2) is 0 Å². The molecule has 0 radical (unpaired) electrons. The zero-order valence-electron chi connectivity index (χ0n) is 26.4. The molecule has 0 spiro atoms. The van der Waals surface area contributed by atoms with Gasteiger partial charge in [0.2, 0.25) is 5.91 Å². The van der Waals surface area contributed by atoms with Crippen molar-refractivity contribution in [3.05, 3.63) is 24.3 Å². The first-order valence-electron chi connectivity index (χ1n) is 16.8. The fraction of sp³-hybridized carbons (Fsp3) is 0.857. The van der Waals surface area contributed by atoms with Crippen molar-refractivity contribution in [1.29, 1.82) is 0 Å². The molecule has 0 aromatic carbocycles. The van der Waals surface area contributed by atoms with Crippen LogP contribution in [0.3, 0.4) is 0 Å². The van der Waals surface area contributed by atoms with Crippen molar-refractivity contribution in [3.8, 4) is 0 Å². The summed E-state index contributed by atoms with van der Waals surface area (Å²) in [6, 6.07) is 0.382. The lowest BCUT2D eigenvalue weighted by atomic mass is 9.99. The number of amides is 1. The molecule has 0 aromatic rings. The lowest BCUT2D eigenvalue weighted by molar-refractivity contribution is -0.122. The molecule has 0 aliphatic heterocycles. The topological polar surface area (TPSA) is 32.3 Å². The Morgan fingerprint density at radius 1 is 0.605 bits per heavy atom. The Hall–Kier alpha value is -1.09. The van der Waals surface area contributed by atoms with Gasteiger partial charge in [-0.2, -0.15) is 0 Å². The zero-order chi connectivity index (χ0) is 27.9. The minimum atomic E-state index is 0.261. The molecule has 224 valence electrons. The smallest absolute Gasteiger partial charge is 0.220 e. The third-order valence-electron chi connectivity index (χ3n) is 7.53. The van der Waals surface area contributed by atoms with E-state index >= 15 is 0 Å². The van der Waals surface area contributed by atoms with Gasteiger partial charge in [-0.1, -0.05) is 134 Å². The van der Waals surface area contributed by atoms with Crippen molar-refractivity contribution in [2.24, 2.45) is 0 Å². The molecule has 0 saturated heterocycles. The molecule has 0 aliphatic rings. The second kappa shape index (κ2) is 30.5. The highest BCUT2D eigenvalue weighted by Gasteiger charge is 2.12. The van der Waals surface area contributed by atoms with E-state index in [2.05, 4.69) is 62.5 Å². The van der Waals surface area contributed by atoms with Crippen molar-refractivity contribution in [2.75, 3.05) is 20.6 Å². The van der Waals surface area contributed by atoms with E-state index in [0.717, 1.165) is 32.2 Å². The Kier molecular flexibility index (Phi) is 29.6. The van der Waals surface area contributed by atoms with Gasteiger partial charge in [0.1, 0.15) is 0 Å². The van der Waals surface area contributed by atoms with E-state index in [1.54, 1.807) is 0 Å². The Morgan fingerprint density at radius 2 is 1.05 bits per heavy atom. The average Bonchev–Trinajstić information content (AvgIpc) is 2.89. The second-order valence-corrected chi connectivity index (χ2v) is 11.8. The normalized spacial score (nSPS) is 12.8. The van der Waals surface area contributed by atoms with E-state index in [1.165, 1.54) is 122 Å². The second-order valence-electron chi connectivity index (χ2n) is 11.8. The van der Waals surface area contributed by atoms with Gasteiger partial charge in [0.25, 0.3) is 0 Å². The fourth-order valence-electron chi connectivity index (χ4n) is 5.05. The maximum absolute atomic E-state index is 12.5. The van der Waals surface area contributed by atoms with Gasteiger partial charge in [-0.3, -0.25) is 4.79 Å². The van der Waals surface area contributed by atoms with Crippen LogP contribution in [0.2, 0.25) is 0 Å². The quantitative estimate of drug-likeness (QED) is 0.0767. The van der Waals surface area contributed by atoms with Gasteiger partial charge in [-0.05, 0) is 72.0 Å². The Labute approximate surface area is 239 Å². The largest absolute Gasteiger partial charge is 0.353 e. The number of nitrogens with one attached hydrogen (secondary N) is 1. The molecule has 0 rings (SSSR count). The monoisotopic (exact) mass is 533 g/mol. The van der Waals surface area contributed by atoms with Crippen LogP contribution in [0.15, 0.2) is 24.3 Å². The molecular formula is C35H68N2O. The predicted molar refractivity (Wildman–Crippen MR) is 171 cm³/mol. The number of unbranched alkanes of at least 4 members (excludes halogenated alkanes) is 16. The van der Waals surface area contributed by atoms with Gasteiger partial charge in [0, 0.05) is 12.5 Å². The first-order valence-corrected chi connectivity index (χ1v) is 16.8. The predicted octanol–water partition coefficient (Wildman–Crippen LogP) is 10.5. The van der Waals surface area contributed by atoms with Crippen molar-refractivity contribution in [1.82, 2.24) is 10.2 Å². The molecule has 0 fully saturated rings. The van der Waals surface area contributed by atoms with Gasteiger partial charge in [0.05, 0.1) is 0 Å². The number of rotatable bonds is 29. The Balaban J connectivity index is 3.95. The summed E-state index contributed by atoms with van der Waals surface area (Å²) in [5, 5.41) is 3.39. The van der Waals surface area contributed by atoms with Gasteiger partial charge >= 0.3 is 0 Å². The molecule has 0 bridgehead atoms. The molecule has 3 nitrogen and oxygen atoms in total. The van der Waals surface area contributed by atoms with Crippen LogP contribution in [0.1, 0.15) is 168 Å². The van der Waals surface area contributed by atoms with E-state index in [4.69, 9.17) is 0 Å². The van der Waals surface area contributed by atoms with E-state index in [-0.39, 0.29) is 5.91 Å². The number of carbonyl (C=O) groups excluding carboxylic acids is 1. The van der Waals surface area contributed by atoms with Gasteiger partial charge in [-0.15, -0.1) is 0 Å². The third-order valence-corrected chi connectivity index (χ3v) is 7.53. The average molecular weight is 533 g/mol. The zero-order valence-corrected chi connectivity index (χ0v) is 26.4. The fourth-order valence-corrected chi connectivity index (χ4v) is 5.05. The maximum atomic E-state index is 12.5. The van der Waals surface area contributed by atoms with E-state index in [0.29, 0.717) is 12.5 Å². The third kappa shape index (κ3) is 29.5. The van der Waals surface area contributed by atoms with Crippen molar-refractivity contribution >= 4 is 5.91 Å². The Morgan fingerprint density at radius 3 is 1.58 bits per heavy atom. The van der Waals surface area contributed by atoms with E-state index in [9.17, 15) is 4.79 Å². The molecule has 0 aromatic heterocycles. The summed E-state index contributed by atoms with van der Waals surface area (Å²) in [5.74, 6) is 0.261. The molecule has 1 unspecified atom stereocenters. The van der Waals surface area contributed by atoms with Crippen LogP contribution < -0.4 is 5.32 Å². The summed E-state index contributed by atoms with van der Waals surface area (Å²) in [6.07, 6.45) is 39.6. The summed E-state index contributed by atoms with van der Waals surface area (Å²) in [4.78, 5) is 14.7. The van der Waals surface area contributed by atoms with Crippen molar-refractivity contribution in [3.63, 3.8) is 0 Å². The van der Waals surface area contributed by atoms with Crippen LogP contribution in [0.4, 0.5) is 0 Å². The van der Waals surface area contributed by atoms with Crippen LogP contribution >= 0.6 is 0 Å². The Bertz CT molecular complexity index is 540. The summed E-state index contributed by atoms with van der Waals surface area (Å²) >= 11 is 0. The SMILES string of the molecule is CCCCC/C=C\C/C=C\CCCCCCCCC(CCCCCCCCCC)NC(=O)CCCN(C)C.